The monoisotopic (exact) mass is 333 g/mol. The van der Waals surface area contributed by atoms with E-state index in [4.69, 9.17) is 4.74 Å². The number of nitrogens with one attached hydrogen (secondary N) is 1. The van der Waals surface area contributed by atoms with Crippen LogP contribution in [-0.4, -0.2) is 67.1 Å². The third-order valence-corrected chi connectivity index (χ3v) is 5.34. The number of aromatic nitrogens is 1. The lowest BCUT2D eigenvalue weighted by atomic mass is 9.92. The van der Waals surface area contributed by atoms with E-state index >= 15 is 0 Å². The molecular weight excluding hydrogens is 306 g/mol. The van der Waals surface area contributed by atoms with Crippen LogP contribution in [0.4, 0.5) is 0 Å². The minimum atomic E-state index is -0.221. The molecule has 3 heterocycles. The summed E-state index contributed by atoms with van der Waals surface area (Å²) >= 11 is 0. The van der Waals surface area contributed by atoms with E-state index in [1.165, 1.54) is 6.07 Å². The van der Waals surface area contributed by atoms with Crippen molar-refractivity contribution >= 4 is 5.91 Å². The molecule has 24 heavy (non-hydrogen) atoms. The van der Waals surface area contributed by atoms with Gasteiger partial charge in [-0.05, 0) is 50.3 Å². The standard InChI is InChI=1S/C18H27N3O3/c1-24-10-2-7-20-8-4-15-12-21(13-16(15)5-9-20)18(23)14-3-6-19-17(22)11-14/h3,6,11,15-16H,2,4-5,7-10,12-13H2,1H3,(H,19,22)/t15-,16+. The van der Waals surface area contributed by atoms with E-state index in [0.717, 1.165) is 58.6 Å². The first-order valence-electron chi connectivity index (χ1n) is 8.86. The third kappa shape index (κ3) is 4.05. The largest absolute Gasteiger partial charge is 0.385 e. The second-order valence-corrected chi connectivity index (χ2v) is 6.94. The normalized spacial score (nSPS) is 24.6. The molecule has 1 amide bonds. The van der Waals surface area contributed by atoms with E-state index < -0.39 is 0 Å². The van der Waals surface area contributed by atoms with E-state index in [1.807, 2.05) is 4.90 Å². The highest BCUT2D eigenvalue weighted by atomic mass is 16.5. The lowest BCUT2D eigenvalue weighted by molar-refractivity contribution is 0.0779. The van der Waals surface area contributed by atoms with Gasteiger partial charge in [0.25, 0.3) is 5.91 Å². The summed E-state index contributed by atoms with van der Waals surface area (Å²) in [6, 6.07) is 3.09. The molecule has 3 rings (SSSR count). The highest BCUT2D eigenvalue weighted by Crippen LogP contribution is 2.32. The number of methoxy groups -OCH3 is 1. The van der Waals surface area contributed by atoms with Gasteiger partial charge < -0.3 is 19.5 Å². The quantitative estimate of drug-likeness (QED) is 0.822. The van der Waals surface area contributed by atoms with Gasteiger partial charge in [-0.1, -0.05) is 0 Å². The van der Waals surface area contributed by atoms with E-state index in [1.54, 1.807) is 19.4 Å². The number of rotatable bonds is 5. The van der Waals surface area contributed by atoms with Crippen LogP contribution in [0.25, 0.3) is 0 Å². The molecule has 6 nitrogen and oxygen atoms in total. The maximum absolute atomic E-state index is 12.6. The molecule has 132 valence electrons. The number of amides is 1. The summed E-state index contributed by atoms with van der Waals surface area (Å²) in [5.74, 6) is 1.16. The first kappa shape index (κ1) is 17.2. The van der Waals surface area contributed by atoms with Crippen molar-refractivity contribution in [1.29, 1.82) is 0 Å². The summed E-state index contributed by atoms with van der Waals surface area (Å²) in [4.78, 5) is 31.0. The summed E-state index contributed by atoms with van der Waals surface area (Å²) in [5, 5.41) is 0. The van der Waals surface area contributed by atoms with E-state index in [2.05, 4.69) is 9.88 Å². The molecule has 0 unspecified atom stereocenters. The average Bonchev–Trinajstić information content (AvgIpc) is 2.90. The molecule has 1 aromatic heterocycles. The van der Waals surface area contributed by atoms with Crippen LogP contribution in [0.2, 0.25) is 0 Å². The lowest BCUT2D eigenvalue weighted by Gasteiger charge is -2.21. The number of hydrogen-bond donors (Lipinski definition) is 1. The van der Waals surface area contributed by atoms with Gasteiger partial charge in [0.2, 0.25) is 5.56 Å². The zero-order valence-electron chi connectivity index (χ0n) is 14.4. The number of likely N-dealkylation sites (tertiary alicyclic amines) is 2. The molecule has 0 bridgehead atoms. The highest BCUT2D eigenvalue weighted by molar-refractivity contribution is 5.94. The number of carbonyl (C=O) groups is 1. The van der Waals surface area contributed by atoms with Crippen molar-refractivity contribution in [2.45, 2.75) is 19.3 Å². The lowest BCUT2D eigenvalue weighted by Crippen LogP contribution is -2.32. The fourth-order valence-electron chi connectivity index (χ4n) is 3.98. The van der Waals surface area contributed by atoms with Gasteiger partial charge >= 0.3 is 0 Å². The van der Waals surface area contributed by atoms with E-state index in [-0.39, 0.29) is 11.5 Å². The second-order valence-electron chi connectivity index (χ2n) is 6.94. The van der Waals surface area contributed by atoms with Gasteiger partial charge in [0.1, 0.15) is 0 Å². The highest BCUT2D eigenvalue weighted by Gasteiger charge is 2.36. The molecule has 2 fully saturated rings. The van der Waals surface area contributed by atoms with Gasteiger partial charge in [-0.2, -0.15) is 0 Å². The van der Waals surface area contributed by atoms with Gasteiger partial charge in [0.05, 0.1) is 0 Å². The van der Waals surface area contributed by atoms with Crippen molar-refractivity contribution in [1.82, 2.24) is 14.8 Å². The van der Waals surface area contributed by atoms with Crippen molar-refractivity contribution in [3.8, 4) is 0 Å². The summed E-state index contributed by atoms with van der Waals surface area (Å²) in [7, 11) is 1.75. The van der Waals surface area contributed by atoms with Crippen LogP contribution in [0, 0.1) is 11.8 Å². The molecule has 2 saturated heterocycles. The molecule has 1 N–H and O–H groups in total. The Morgan fingerprint density at radius 3 is 2.62 bits per heavy atom. The minimum Gasteiger partial charge on any atom is -0.385 e. The zero-order chi connectivity index (χ0) is 16.9. The maximum Gasteiger partial charge on any atom is 0.254 e. The molecule has 2 aliphatic rings. The number of H-pyrrole nitrogens is 1. The van der Waals surface area contributed by atoms with E-state index in [0.29, 0.717) is 17.4 Å². The number of nitrogens with zero attached hydrogens (tertiary/aromatic N) is 2. The number of carbonyl (C=O) groups excluding carboxylic acids is 1. The Balaban J connectivity index is 1.55. The fraction of sp³-hybridized carbons (Fsp3) is 0.667. The van der Waals surface area contributed by atoms with Crippen molar-refractivity contribution in [2.75, 3.05) is 46.4 Å². The molecule has 0 spiro atoms. The van der Waals surface area contributed by atoms with Crippen molar-refractivity contribution < 1.29 is 9.53 Å². The number of ether oxygens (including phenoxy) is 1. The first-order valence-corrected chi connectivity index (χ1v) is 8.86. The molecule has 0 radical (unpaired) electrons. The predicted molar refractivity (Wildman–Crippen MR) is 92.1 cm³/mol. The predicted octanol–water partition coefficient (Wildman–Crippen LogP) is 1.20. The Morgan fingerprint density at radius 2 is 2.00 bits per heavy atom. The van der Waals surface area contributed by atoms with Crippen LogP contribution >= 0.6 is 0 Å². The molecule has 0 aliphatic carbocycles. The molecular formula is C18H27N3O3. The number of hydrogen-bond acceptors (Lipinski definition) is 4. The summed E-state index contributed by atoms with van der Waals surface area (Å²) < 4.78 is 5.13. The van der Waals surface area contributed by atoms with Crippen LogP contribution in [0.15, 0.2) is 23.1 Å². The minimum absolute atomic E-state index is 0.00822. The van der Waals surface area contributed by atoms with Gasteiger partial charge in [-0.3, -0.25) is 9.59 Å². The molecule has 6 heteroatoms. The summed E-state index contributed by atoms with van der Waals surface area (Å²) in [6.07, 6.45) is 4.92. The Bertz CT molecular complexity index is 600. The van der Waals surface area contributed by atoms with Crippen LogP contribution < -0.4 is 5.56 Å². The van der Waals surface area contributed by atoms with Gasteiger partial charge in [-0.25, -0.2) is 0 Å². The molecule has 2 aliphatic heterocycles. The number of pyridine rings is 1. The van der Waals surface area contributed by atoms with Gasteiger partial charge in [-0.15, -0.1) is 0 Å². The average molecular weight is 333 g/mol. The first-order chi connectivity index (χ1) is 11.7. The molecule has 1 aromatic rings. The number of aromatic amines is 1. The Morgan fingerprint density at radius 1 is 1.29 bits per heavy atom. The van der Waals surface area contributed by atoms with Crippen molar-refractivity contribution in [2.24, 2.45) is 11.8 Å². The Labute approximate surface area is 142 Å². The fourth-order valence-corrected chi connectivity index (χ4v) is 3.98. The second kappa shape index (κ2) is 7.94. The third-order valence-electron chi connectivity index (χ3n) is 5.34. The van der Waals surface area contributed by atoms with Crippen molar-refractivity contribution in [3.63, 3.8) is 0 Å². The maximum atomic E-state index is 12.6. The number of fused-ring (bicyclic) bond motifs is 1. The summed E-state index contributed by atoms with van der Waals surface area (Å²) in [5.41, 5.74) is 0.275. The smallest absolute Gasteiger partial charge is 0.254 e. The van der Waals surface area contributed by atoms with E-state index in [9.17, 15) is 9.59 Å². The molecule has 2 atom stereocenters. The van der Waals surface area contributed by atoms with Crippen LogP contribution in [0.3, 0.4) is 0 Å². The van der Waals surface area contributed by atoms with Crippen LogP contribution in [-0.2, 0) is 4.74 Å². The van der Waals surface area contributed by atoms with Crippen LogP contribution in [0.5, 0.6) is 0 Å². The van der Waals surface area contributed by atoms with Crippen LogP contribution in [0.1, 0.15) is 29.6 Å². The SMILES string of the molecule is COCCCN1CC[C@@H]2CN(C(=O)c3cc[nH]c(=O)c3)C[C@@H]2CC1. The Hall–Kier alpha value is -1.66. The molecule has 0 aromatic carbocycles. The van der Waals surface area contributed by atoms with Gasteiger partial charge in [0, 0.05) is 51.2 Å². The molecule has 0 saturated carbocycles. The topological polar surface area (TPSA) is 65.6 Å². The Kier molecular flexibility index (Phi) is 5.68. The zero-order valence-corrected chi connectivity index (χ0v) is 14.4. The van der Waals surface area contributed by atoms with Gasteiger partial charge in [0.15, 0.2) is 0 Å². The van der Waals surface area contributed by atoms with Crippen molar-refractivity contribution in [3.05, 3.63) is 34.2 Å². The summed E-state index contributed by atoms with van der Waals surface area (Å²) in [6.45, 7) is 5.78.